The monoisotopic (exact) mass is 464 g/mol. The van der Waals surface area contributed by atoms with E-state index >= 15 is 0 Å². The number of hydrogen-bond donors (Lipinski definition) is 1. The lowest BCUT2D eigenvalue weighted by Gasteiger charge is -2.37. The fourth-order valence-electron chi connectivity index (χ4n) is 3.67. The molecule has 0 aromatic carbocycles. The van der Waals surface area contributed by atoms with Gasteiger partial charge in [-0.05, 0) is 30.3 Å². The van der Waals surface area contributed by atoms with Gasteiger partial charge >= 0.3 is 6.36 Å². The summed E-state index contributed by atoms with van der Waals surface area (Å²) >= 11 is 0. The summed E-state index contributed by atoms with van der Waals surface area (Å²) in [4.78, 5) is 21.1. The minimum atomic E-state index is -5.07. The lowest BCUT2D eigenvalue weighted by atomic mass is 9.74. The zero-order valence-electron chi connectivity index (χ0n) is 17.1. The Morgan fingerprint density at radius 3 is 2.70 bits per heavy atom. The summed E-state index contributed by atoms with van der Waals surface area (Å²) in [5.74, 6) is -3.55. The van der Waals surface area contributed by atoms with Crippen molar-refractivity contribution in [2.24, 2.45) is 5.41 Å². The SMILES string of the molecule is CC1(C(NC(=O)c2ccc3nccn3c2)c2ncccc2F)C=CC(OC(F)(F)F)=C(F)C1. The maximum absolute atomic E-state index is 14.7. The van der Waals surface area contributed by atoms with E-state index in [0.29, 0.717) is 5.65 Å². The molecule has 11 heteroatoms. The van der Waals surface area contributed by atoms with E-state index in [2.05, 4.69) is 20.0 Å². The van der Waals surface area contributed by atoms with Crippen LogP contribution in [0.4, 0.5) is 22.0 Å². The van der Waals surface area contributed by atoms with Crippen molar-refractivity contribution >= 4 is 11.6 Å². The van der Waals surface area contributed by atoms with Crippen molar-refractivity contribution < 1.29 is 31.5 Å². The molecule has 0 spiro atoms. The van der Waals surface area contributed by atoms with Crippen LogP contribution in [-0.2, 0) is 4.74 Å². The van der Waals surface area contributed by atoms with Crippen molar-refractivity contribution in [1.82, 2.24) is 19.7 Å². The molecule has 172 valence electrons. The Balaban J connectivity index is 1.68. The van der Waals surface area contributed by atoms with E-state index in [0.717, 1.165) is 12.1 Å². The molecule has 2 atom stereocenters. The van der Waals surface area contributed by atoms with Gasteiger partial charge in [0, 0.05) is 36.6 Å². The number of amides is 1. The number of allylic oxidation sites excluding steroid dienone is 2. The Bertz CT molecular complexity index is 1270. The minimum absolute atomic E-state index is 0.185. The molecule has 6 nitrogen and oxygen atoms in total. The molecule has 0 aliphatic heterocycles. The maximum atomic E-state index is 14.7. The third-order valence-corrected chi connectivity index (χ3v) is 5.29. The van der Waals surface area contributed by atoms with Crippen molar-refractivity contribution in [2.45, 2.75) is 25.7 Å². The van der Waals surface area contributed by atoms with Crippen LogP contribution in [-0.4, -0.2) is 26.6 Å². The lowest BCUT2D eigenvalue weighted by molar-refractivity contribution is -0.304. The summed E-state index contributed by atoms with van der Waals surface area (Å²) in [6, 6.07) is 4.38. The molecule has 1 aliphatic rings. The molecule has 0 fully saturated rings. The van der Waals surface area contributed by atoms with Crippen molar-refractivity contribution in [3.05, 3.63) is 89.9 Å². The summed E-state index contributed by atoms with van der Waals surface area (Å²) < 4.78 is 72.2. The van der Waals surface area contributed by atoms with Crippen LogP contribution in [0.25, 0.3) is 5.65 Å². The maximum Gasteiger partial charge on any atom is 0.573 e. The first-order valence-corrected chi connectivity index (χ1v) is 9.73. The molecule has 1 N–H and O–H groups in total. The fourth-order valence-corrected chi connectivity index (χ4v) is 3.67. The van der Waals surface area contributed by atoms with E-state index in [4.69, 9.17) is 0 Å². The molecule has 2 unspecified atom stereocenters. The van der Waals surface area contributed by atoms with E-state index in [1.54, 1.807) is 22.9 Å². The second-order valence-corrected chi connectivity index (χ2v) is 7.72. The van der Waals surface area contributed by atoms with Gasteiger partial charge in [-0.15, -0.1) is 13.2 Å². The van der Waals surface area contributed by atoms with E-state index in [-0.39, 0.29) is 11.3 Å². The molecule has 1 amide bonds. The molecule has 0 saturated heterocycles. The summed E-state index contributed by atoms with van der Waals surface area (Å²) in [6.45, 7) is 1.48. The van der Waals surface area contributed by atoms with Crippen LogP contribution >= 0.6 is 0 Å². The number of pyridine rings is 2. The third kappa shape index (κ3) is 4.71. The molecule has 0 saturated carbocycles. The number of carbonyl (C=O) groups excluding carboxylic acids is 1. The van der Waals surface area contributed by atoms with Crippen LogP contribution in [0, 0.1) is 11.2 Å². The highest BCUT2D eigenvalue weighted by Gasteiger charge is 2.42. The van der Waals surface area contributed by atoms with Crippen molar-refractivity contribution in [3.8, 4) is 0 Å². The highest BCUT2D eigenvalue weighted by Crippen LogP contribution is 2.45. The third-order valence-electron chi connectivity index (χ3n) is 5.29. The summed E-state index contributed by atoms with van der Waals surface area (Å²) in [6.07, 6.45) is 2.41. The van der Waals surface area contributed by atoms with Crippen molar-refractivity contribution in [1.29, 1.82) is 0 Å². The predicted molar refractivity (Wildman–Crippen MR) is 107 cm³/mol. The largest absolute Gasteiger partial charge is 0.573 e. The predicted octanol–water partition coefficient (Wildman–Crippen LogP) is 5.02. The topological polar surface area (TPSA) is 68.5 Å². The van der Waals surface area contributed by atoms with E-state index < -0.39 is 47.6 Å². The van der Waals surface area contributed by atoms with Gasteiger partial charge in [0.15, 0.2) is 5.76 Å². The molecule has 33 heavy (non-hydrogen) atoms. The Kier molecular flexibility index (Phi) is 5.64. The molecule has 3 aromatic rings. The minimum Gasteiger partial charge on any atom is -0.403 e. The summed E-state index contributed by atoms with van der Waals surface area (Å²) in [7, 11) is 0. The van der Waals surface area contributed by atoms with Gasteiger partial charge in [-0.2, -0.15) is 0 Å². The smallest absolute Gasteiger partial charge is 0.403 e. The number of fused-ring (bicyclic) bond motifs is 1. The van der Waals surface area contributed by atoms with Crippen LogP contribution < -0.4 is 5.32 Å². The number of nitrogens with zero attached hydrogens (tertiary/aromatic N) is 3. The van der Waals surface area contributed by atoms with Crippen LogP contribution in [0.15, 0.2) is 72.8 Å². The Labute approximate surface area is 184 Å². The van der Waals surface area contributed by atoms with E-state index in [1.807, 2.05) is 0 Å². The molecule has 3 aromatic heterocycles. The van der Waals surface area contributed by atoms with E-state index in [9.17, 15) is 26.7 Å². The molecule has 0 bridgehead atoms. The van der Waals surface area contributed by atoms with Crippen molar-refractivity contribution in [2.75, 3.05) is 0 Å². The lowest BCUT2D eigenvalue weighted by Crippen LogP contribution is -2.41. The first-order chi connectivity index (χ1) is 15.6. The highest BCUT2D eigenvalue weighted by atomic mass is 19.4. The number of rotatable bonds is 5. The van der Waals surface area contributed by atoms with Crippen LogP contribution in [0.1, 0.15) is 35.4 Å². The second-order valence-electron chi connectivity index (χ2n) is 7.72. The number of carbonyl (C=O) groups is 1. The van der Waals surface area contributed by atoms with Crippen LogP contribution in [0.5, 0.6) is 0 Å². The van der Waals surface area contributed by atoms with Gasteiger partial charge in [-0.3, -0.25) is 9.78 Å². The average Bonchev–Trinajstić information content (AvgIpc) is 3.22. The Morgan fingerprint density at radius 1 is 1.21 bits per heavy atom. The van der Waals surface area contributed by atoms with Gasteiger partial charge in [0.1, 0.15) is 17.3 Å². The number of ether oxygens (including phenoxy) is 1. The number of aromatic nitrogens is 3. The number of nitrogens with one attached hydrogen (secondary N) is 1. The molecule has 4 rings (SSSR count). The number of imidazole rings is 1. The van der Waals surface area contributed by atoms with E-state index in [1.165, 1.54) is 37.5 Å². The number of halogens is 5. The van der Waals surface area contributed by atoms with Gasteiger partial charge in [0.05, 0.1) is 17.3 Å². The normalized spacial score (nSPS) is 19.6. The van der Waals surface area contributed by atoms with Gasteiger partial charge in [0.2, 0.25) is 0 Å². The number of hydrogen-bond acceptors (Lipinski definition) is 4. The van der Waals surface area contributed by atoms with Gasteiger partial charge in [-0.1, -0.05) is 13.0 Å². The quantitative estimate of drug-likeness (QED) is 0.539. The van der Waals surface area contributed by atoms with Crippen LogP contribution in [0.3, 0.4) is 0 Å². The summed E-state index contributed by atoms with van der Waals surface area (Å²) in [5, 5.41) is 2.66. The molecular formula is C22H17F5N4O2. The Morgan fingerprint density at radius 2 is 2.00 bits per heavy atom. The zero-order chi connectivity index (χ0) is 23.8. The molecule has 0 radical (unpaired) electrons. The number of alkyl halides is 3. The zero-order valence-corrected chi connectivity index (χ0v) is 17.1. The highest BCUT2D eigenvalue weighted by molar-refractivity contribution is 5.94. The van der Waals surface area contributed by atoms with Crippen molar-refractivity contribution in [3.63, 3.8) is 0 Å². The average molecular weight is 464 g/mol. The van der Waals surface area contributed by atoms with Gasteiger partial charge in [0.25, 0.3) is 5.91 Å². The van der Waals surface area contributed by atoms with Crippen LogP contribution in [0.2, 0.25) is 0 Å². The first-order valence-electron chi connectivity index (χ1n) is 9.73. The standard InChI is InChI=1S/C22H17F5N4O2/c1-21(7-6-16(15(24)11-21)33-22(25,26)27)19(18-14(23)3-2-8-29-18)30-20(32)13-4-5-17-28-9-10-31(17)12-13/h2-10,12,19H,11H2,1H3,(H,30,32). The Hall–Kier alpha value is -3.76. The van der Waals surface area contributed by atoms with Gasteiger partial charge in [-0.25, -0.2) is 13.8 Å². The summed E-state index contributed by atoms with van der Waals surface area (Å²) in [5.41, 5.74) is -0.727. The molecular weight excluding hydrogens is 447 g/mol. The molecule has 3 heterocycles. The first kappa shape index (κ1) is 22.4. The fraction of sp³-hybridized carbons (Fsp3) is 0.227. The molecule has 1 aliphatic carbocycles. The van der Waals surface area contributed by atoms with Gasteiger partial charge < -0.3 is 14.5 Å². The second kappa shape index (κ2) is 8.30.